The molecule has 19 heavy (non-hydrogen) atoms. The van der Waals surface area contributed by atoms with Gasteiger partial charge in [-0.15, -0.1) is 0 Å². The summed E-state index contributed by atoms with van der Waals surface area (Å²) >= 11 is 10.0. The van der Waals surface area contributed by atoms with Crippen LogP contribution in [0.1, 0.15) is 0 Å². The fourth-order valence-corrected chi connectivity index (χ4v) is 2.33. The second-order valence-electron chi connectivity index (χ2n) is 3.98. The summed E-state index contributed by atoms with van der Waals surface area (Å²) in [5.41, 5.74) is 6.34. The highest BCUT2D eigenvalue weighted by Gasteiger charge is 2.17. The van der Waals surface area contributed by atoms with Gasteiger partial charge in [0.05, 0.1) is 11.1 Å². The molecular formula is C14H11N3S2. The van der Waals surface area contributed by atoms with Crippen LogP contribution in [0.5, 0.6) is 0 Å². The van der Waals surface area contributed by atoms with Crippen molar-refractivity contribution in [2.45, 2.75) is 0 Å². The van der Waals surface area contributed by atoms with Gasteiger partial charge in [0.25, 0.3) is 0 Å². The Morgan fingerprint density at radius 1 is 1.16 bits per heavy atom. The summed E-state index contributed by atoms with van der Waals surface area (Å²) < 4.78 is 0. The van der Waals surface area contributed by atoms with E-state index < -0.39 is 5.92 Å². The molecule has 2 aromatic carbocycles. The van der Waals surface area contributed by atoms with Gasteiger partial charge in [0, 0.05) is 11.1 Å². The highest BCUT2D eigenvalue weighted by atomic mass is 32.1. The van der Waals surface area contributed by atoms with Gasteiger partial charge in [-0.25, -0.2) is 0 Å². The maximum absolute atomic E-state index is 9.01. The van der Waals surface area contributed by atoms with E-state index in [2.05, 4.69) is 5.32 Å². The van der Waals surface area contributed by atoms with Gasteiger partial charge in [0.15, 0.2) is 0 Å². The van der Waals surface area contributed by atoms with Crippen molar-refractivity contribution in [3.8, 4) is 6.07 Å². The number of hydrogen-bond acceptors (Lipinski definition) is 3. The van der Waals surface area contributed by atoms with Gasteiger partial charge in [-0.3, -0.25) is 0 Å². The van der Waals surface area contributed by atoms with E-state index in [4.69, 9.17) is 35.4 Å². The van der Waals surface area contributed by atoms with Crippen LogP contribution in [0.25, 0.3) is 10.8 Å². The molecule has 2 rings (SSSR count). The van der Waals surface area contributed by atoms with Crippen LogP contribution in [0.4, 0.5) is 5.69 Å². The van der Waals surface area contributed by atoms with Gasteiger partial charge in [-0.1, -0.05) is 60.8 Å². The molecule has 0 spiro atoms. The fraction of sp³-hybridized carbons (Fsp3) is 0.0714. The van der Waals surface area contributed by atoms with Crippen molar-refractivity contribution >= 4 is 50.9 Å². The van der Waals surface area contributed by atoms with Crippen molar-refractivity contribution in [3.05, 3.63) is 42.5 Å². The number of rotatable bonds is 3. The first-order valence-corrected chi connectivity index (χ1v) is 6.42. The smallest absolute Gasteiger partial charge is 0.146 e. The van der Waals surface area contributed by atoms with E-state index in [9.17, 15) is 0 Å². The Morgan fingerprint density at radius 2 is 1.84 bits per heavy atom. The second kappa shape index (κ2) is 5.74. The van der Waals surface area contributed by atoms with Crippen molar-refractivity contribution in [1.82, 2.24) is 0 Å². The average molecular weight is 285 g/mol. The van der Waals surface area contributed by atoms with Crippen LogP contribution >= 0.6 is 24.4 Å². The third-order valence-electron chi connectivity index (χ3n) is 2.72. The van der Waals surface area contributed by atoms with Crippen molar-refractivity contribution < 1.29 is 0 Å². The second-order valence-corrected chi connectivity index (χ2v) is 4.89. The van der Waals surface area contributed by atoms with Crippen LogP contribution in [-0.2, 0) is 0 Å². The van der Waals surface area contributed by atoms with Crippen LogP contribution in [0, 0.1) is 17.2 Å². The lowest BCUT2D eigenvalue weighted by atomic mass is 10.1. The minimum Gasteiger partial charge on any atom is -0.392 e. The van der Waals surface area contributed by atoms with Gasteiger partial charge in [-0.05, 0) is 11.5 Å². The molecule has 0 aromatic heterocycles. The Bertz CT molecular complexity index is 683. The number of fused-ring (bicyclic) bond motifs is 1. The number of benzene rings is 2. The largest absolute Gasteiger partial charge is 0.392 e. The van der Waals surface area contributed by atoms with Crippen molar-refractivity contribution in [2.24, 2.45) is 11.7 Å². The molecule has 94 valence electrons. The third-order valence-corrected chi connectivity index (χ3v) is 3.30. The molecule has 3 N–H and O–H groups in total. The van der Waals surface area contributed by atoms with Crippen molar-refractivity contribution in [3.63, 3.8) is 0 Å². The van der Waals surface area contributed by atoms with Gasteiger partial charge in [0.1, 0.15) is 10.9 Å². The molecule has 0 fully saturated rings. The number of nitrogens with two attached hydrogens (primary N) is 1. The molecule has 0 radical (unpaired) electrons. The number of thiocarbonyl (C=S) groups is 2. The molecule has 1 atom stereocenters. The first kappa shape index (κ1) is 13.4. The van der Waals surface area contributed by atoms with E-state index in [1.54, 1.807) is 0 Å². The minimum absolute atomic E-state index is 0.0836. The molecule has 0 aliphatic heterocycles. The third kappa shape index (κ3) is 2.87. The zero-order chi connectivity index (χ0) is 13.8. The Balaban J connectivity index is 2.34. The SMILES string of the molecule is N#CC(C(N)=S)C(=S)Nc1cccc2ccccc12. The molecule has 5 heteroatoms. The topological polar surface area (TPSA) is 61.8 Å². The molecule has 0 amide bonds. The van der Waals surface area contributed by atoms with Crippen molar-refractivity contribution in [1.29, 1.82) is 5.26 Å². The molecule has 3 nitrogen and oxygen atoms in total. The molecule has 0 aliphatic rings. The summed E-state index contributed by atoms with van der Waals surface area (Å²) in [5, 5.41) is 14.2. The van der Waals surface area contributed by atoms with E-state index >= 15 is 0 Å². The van der Waals surface area contributed by atoms with Crippen LogP contribution in [0.2, 0.25) is 0 Å². The first-order chi connectivity index (χ1) is 9.13. The number of nitrogens with one attached hydrogen (secondary N) is 1. The predicted molar refractivity (Wildman–Crippen MR) is 86.1 cm³/mol. The van der Waals surface area contributed by atoms with Gasteiger partial charge in [0.2, 0.25) is 0 Å². The summed E-state index contributed by atoms with van der Waals surface area (Å²) in [6, 6.07) is 15.8. The van der Waals surface area contributed by atoms with Crippen LogP contribution in [-0.4, -0.2) is 9.98 Å². The number of anilines is 1. The van der Waals surface area contributed by atoms with E-state index in [0.29, 0.717) is 4.99 Å². The molecule has 1 unspecified atom stereocenters. The Kier molecular flexibility index (Phi) is 4.05. The highest BCUT2D eigenvalue weighted by Crippen LogP contribution is 2.23. The van der Waals surface area contributed by atoms with Crippen LogP contribution in [0.15, 0.2) is 42.5 Å². The summed E-state index contributed by atoms with van der Waals surface area (Å²) in [7, 11) is 0. The number of nitrogens with zero attached hydrogens (tertiary/aromatic N) is 1. The molecule has 0 aliphatic carbocycles. The lowest BCUT2D eigenvalue weighted by Crippen LogP contribution is -2.30. The Hall–Kier alpha value is -2.03. The van der Waals surface area contributed by atoms with E-state index in [-0.39, 0.29) is 4.99 Å². The van der Waals surface area contributed by atoms with E-state index in [1.165, 1.54) is 0 Å². The van der Waals surface area contributed by atoms with Crippen molar-refractivity contribution in [2.75, 3.05) is 5.32 Å². The predicted octanol–water partition coefficient (Wildman–Crippen LogP) is 3.00. The maximum Gasteiger partial charge on any atom is 0.146 e. The minimum atomic E-state index is -0.746. The number of nitriles is 1. The van der Waals surface area contributed by atoms with Gasteiger partial charge in [-0.2, -0.15) is 5.26 Å². The Morgan fingerprint density at radius 3 is 2.53 bits per heavy atom. The summed E-state index contributed by atoms with van der Waals surface area (Å²) in [6.45, 7) is 0. The zero-order valence-electron chi connectivity index (χ0n) is 9.96. The lowest BCUT2D eigenvalue weighted by molar-refractivity contribution is 1.23. The number of hydrogen-bond donors (Lipinski definition) is 2. The quantitative estimate of drug-likeness (QED) is 0.849. The molecular weight excluding hydrogens is 274 g/mol. The summed E-state index contributed by atoms with van der Waals surface area (Å²) in [6.07, 6.45) is 0. The van der Waals surface area contributed by atoms with E-state index in [0.717, 1.165) is 16.5 Å². The summed E-state index contributed by atoms with van der Waals surface area (Å²) in [4.78, 5) is 0.409. The molecule has 2 aromatic rings. The Labute approximate surface area is 122 Å². The average Bonchev–Trinajstić information content (AvgIpc) is 2.39. The zero-order valence-corrected chi connectivity index (χ0v) is 11.6. The fourth-order valence-electron chi connectivity index (χ4n) is 1.79. The normalized spacial score (nSPS) is 11.5. The van der Waals surface area contributed by atoms with Crippen LogP contribution in [0.3, 0.4) is 0 Å². The van der Waals surface area contributed by atoms with E-state index in [1.807, 2.05) is 48.5 Å². The maximum atomic E-state index is 9.01. The van der Waals surface area contributed by atoms with Crippen LogP contribution < -0.4 is 11.1 Å². The first-order valence-electron chi connectivity index (χ1n) is 5.61. The standard InChI is InChI=1S/C14H11N3S2/c15-8-11(13(16)18)14(19)17-12-7-3-5-9-4-1-2-6-10(9)12/h1-7,11H,(H2,16,18)(H,17,19). The molecule has 0 heterocycles. The monoisotopic (exact) mass is 285 g/mol. The molecule has 0 bridgehead atoms. The highest BCUT2D eigenvalue weighted by molar-refractivity contribution is 7.82. The van der Waals surface area contributed by atoms with Gasteiger partial charge >= 0.3 is 0 Å². The van der Waals surface area contributed by atoms with Gasteiger partial charge < -0.3 is 11.1 Å². The molecule has 0 saturated carbocycles. The molecule has 0 saturated heterocycles. The summed E-state index contributed by atoms with van der Waals surface area (Å²) in [5.74, 6) is -0.746. The lowest BCUT2D eigenvalue weighted by Gasteiger charge is -2.13.